The smallest absolute Gasteiger partial charge is 0.218 e. The average Bonchev–Trinajstić information content (AvgIpc) is 3.21. The van der Waals surface area contributed by atoms with Gasteiger partial charge in [0.25, 0.3) is 0 Å². The molecule has 1 amide bonds. The van der Waals surface area contributed by atoms with Gasteiger partial charge in [-0.1, -0.05) is 19.0 Å². The van der Waals surface area contributed by atoms with Crippen LogP contribution in [0.3, 0.4) is 0 Å². The molecule has 2 fully saturated rings. The molecule has 0 bridgehead atoms. The quantitative estimate of drug-likeness (QED) is 0.724. The third-order valence-electron chi connectivity index (χ3n) is 5.49. The fourth-order valence-electron chi connectivity index (χ4n) is 4.24. The van der Waals surface area contributed by atoms with Crippen molar-refractivity contribution in [1.82, 2.24) is 5.16 Å². The summed E-state index contributed by atoms with van der Waals surface area (Å²) in [7, 11) is 0. The molecule has 0 radical (unpaired) electrons. The van der Waals surface area contributed by atoms with Gasteiger partial charge in [-0.25, -0.2) is 0 Å². The van der Waals surface area contributed by atoms with E-state index in [1.807, 2.05) is 0 Å². The van der Waals surface area contributed by atoms with E-state index in [9.17, 15) is 9.90 Å². The van der Waals surface area contributed by atoms with Gasteiger partial charge in [-0.3, -0.25) is 4.79 Å². The van der Waals surface area contributed by atoms with Crippen molar-refractivity contribution in [1.29, 1.82) is 0 Å². The second-order valence-electron chi connectivity index (χ2n) is 8.16. The van der Waals surface area contributed by atoms with Gasteiger partial charge in [0.1, 0.15) is 5.76 Å². The number of aliphatic hydroxyl groups excluding tert-OH is 1. The standard InChI is InChI=1S/C19H30N2O3/c1-11(2)7-12-8-15(9-12)19-17(13-3-4-13)18(21-24-19)14(5-6-22)10-16(20)23/h11-15,22H,3-10H2,1-2H3,(H2,20,23). The van der Waals surface area contributed by atoms with E-state index < -0.39 is 0 Å². The van der Waals surface area contributed by atoms with Crippen molar-refractivity contribution in [2.45, 2.75) is 76.5 Å². The number of aliphatic hydroxyl groups is 1. The average molecular weight is 334 g/mol. The van der Waals surface area contributed by atoms with Crippen LogP contribution in [-0.4, -0.2) is 22.8 Å². The molecule has 0 saturated heterocycles. The number of nitrogens with two attached hydrogens (primary N) is 1. The molecule has 0 aliphatic heterocycles. The van der Waals surface area contributed by atoms with Gasteiger partial charge in [0, 0.05) is 30.4 Å². The van der Waals surface area contributed by atoms with Gasteiger partial charge in [0.2, 0.25) is 5.91 Å². The van der Waals surface area contributed by atoms with E-state index in [1.165, 1.54) is 37.7 Å². The lowest BCUT2D eigenvalue weighted by Crippen LogP contribution is -2.24. The number of nitrogens with zero attached hydrogens (tertiary/aromatic N) is 1. The molecule has 5 nitrogen and oxygen atoms in total. The summed E-state index contributed by atoms with van der Waals surface area (Å²) in [6.45, 7) is 4.59. The van der Waals surface area contributed by atoms with E-state index in [0.717, 1.165) is 23.3 Å². The summed E-state index contributed by atoms with van der Waals surface area (Å²) in [5.74, 6) is 3.14. The molecule has 2 saturated carbocycles. The minimum Gasteiger partial charge on any atom is -0.396 e. The Hall–Kier alpha value is -1.36. The molecule has 1 aromatic heterocycles. The predicted octanol–water partition coefficient (Wildman–Crippen LogP) is 3.43. The van der Waals surface area contributed by atoms with Crippen LogP contribution in [0.5, 0.6) is 0 Å². The summed E-state index contributed by atoms with van der Waals surface area (Å²) in [6, 6.07) is 0. The fraction of sp³-hybridized carbons (Fsp3) is 0.789. The Morgan fingerprint density at radius 2 is 2.04 bits per heavy atom. The Bertz CT molecular complexity index is 571. The number of carbonyl (C=O) groups excluding carboxylic acids is 1. The summed E-state index contributed by atoms with van der Waals surface area (Å²) >= 11 is 0. The highest BCUT2D eigenvalue weighted by Crippen LogP contribution is 2.52. The Balaban J connectivity index is 1.77. The van der Waals surface area contributed by atoms with Crippen molar-refractivity contribution in [2.24, 2.45) is 17.6 Å². The first-order chi connectivity index (χ1) is 11.5. The first-order valence-electron chi connectivity index (χ1n) is 9.38. The van der Waals surface area contributed by atoms with Crippen molar-refractivity contribution in [3.8, 4) is 0 Å². The normalized spacial score (nSPS) is 24.8. The van der Waals surface area contributed by atoms with Crippen molar-refractivity contribution < 1.29 is 14.4 Å². The molecule has 1 unspecified atom stereocenters. The summed E-state index contributed by atoms with van der Waals surface area (Å²) in [5.41, 5.74) is 7.51. The lowest BCUT2D eigenvalue weighted by atomic mass is 9.69. The lowest BCUT2D eigenvalue weighted by molar-refractivity contribution is -0.118. The first kappa shape index (κ1) is 17.5. The first-order valence-corrected chi connectivity index (χ1v) is 9.38. The molecule has 3 N–H and O–H groups in total. The van der Waals surface area contributed by atoms with Crippen LogP contribution in [0.2, 0.25) is 0 Å². The number of aromatic nitrogens is 1. The van der Waals surface area contributed by atoms with E-state index >= 15 is 0 Å². The fourth-order valence-corrected chi connectivity index (χ4v) is 4.24. The Morgan fingerprint density at radius 1 is 1.33 bits per heavy atom. The van der Waals surface area contributed by atoms with E-state index in [0.29, 0.717) is 18.3 Å². The van der Waals surface area contributed by atoms with Crippen LogP contribution in [0.4, 0.5) is 0 Å². The molecule has 0 aromatic carbocycles. The maximum absolute atomic E-state index is 11.4. The number of amides is 1. The van der Waals surface area contributed by atoms with E-state index in [2.05, 4.69) is 19.0 Å². The predicted molar refractivity (Wildman–Crippen MR) is 91.7 cm³/mol. The second kappa shape index (κ2) is 7.26. The highest BCUT2D eigenvalue weighted by Gasteiger charge is 2.41. The molecule has 2 aliphatic rings. The van der Waals surface area contributed by atoms with Gasteiger partial charge in [-0.2, -0.15) is 0 Å². The Morgan fingerprint density at radius 3 is 2.58 bits per heavy atom. The molecule has 3 rings (SSSR count). The Labute approximate surface area is 144 Å². The number of hydrogen-bond acceptors (Lipinski definition) is 4. The molecule has 134 valence electrons. The Kier molecular flexibility index (Phi) is 5.28. The molecule has 1 aromatic rings. The molecule has 24 heavy (non-hydrogen) atoms. The summed E-state index contributed by atoms with van der Waals surface area (Å²) in [4.78, 5) is 11.4. The van der Waals surface area contributed by atoms with Crippen LogP contribution in [0.25, 0.3) is 0 Å². The zero-order chi connectivity index (χ0) is 17.3. The maximum Gasteiger partial charge on any atom is 0.218 e. The molecular formula is C19H30N2O3. The highest BCUT2D eigenvalue weighted by atomic mass is 16.5. The second-order valence-corrected chi connectivity index (χ2v) is 8.16. The van der Waals surface area contributed by atoms with Gasteiger partial charge in [0.05, 0.1) is 5.69 Å². The monoisotopic (exact) mass is 334 g/mol. The summed E-state index contributed by atoms with van der Waals surface area (Å²) in [5, 5.41) is 13.7. The molecular weight excluding hydrogens is 304 g/mol. The molecule has 0 spiro atoms. The maximum atomic E-state index is 11.4. The molecule has 1 atom stereocenters. The topological polar surface area (TPSA) is 89.3 Å². The number of primary amides is 1. The zero-order valence-electron chi connectivity index (χ0n) is 14.8. The molecule has 5 heteroatoms. The minimum atomic E-state index is -0.347. The number of carbonyl (C=O) groups is 1. The lowest BCUT2D eigenvalue weighted by Gasteiger charge is -2.35. The van der Waals surface area contributed by atoms with E-state index in [1.54, 1.807) is 0 Å². The largest absolute Gasteiger partial charge is 0.396 e. The zero-order valence-corrected chi connectivity index (χ0v) is 14.8. The van der Waals surface area contributed by atoms with Crippen LogP contribution in [0.15, 0.2) is 4.52 Å². The third-order valence-corrected chi connectivity index (χ3v) is 5.49. The van der Waals surface area contributed by atoms with Crippen molar-refractivity contribution in [2.75, 3.05) is 6.61 Å². The van der Waals surface area contributed by atoms with Gasteiger partial charge in [-0.15, -0.1) is 0 Å². The SMILES string of the molecule is CC(C)CC1CC(c2onc(C(CCO)CC(N)=O)c2C2CC2)C1. The minimum absolute atomic E-state index is 0.0319. The molecule has 2 aliphatic carbocycles. The number of rotatable bonds is 9. The van der Waals surface area contributed by atoms with Gasteiger partial charge in [-0.05, 0) is 56.3 Å². The van der Waals surface area contributed by atoms with Crippen molar-refractivity contribution >= 4 is 5.91 Å². The summed E-state index contributed by atoms with van der Waals surface area (Å²) in [6.07, 6.45) is 6.74. The third kappa shape index (κ3) is 3.82. The molecule has 1 heterocycles. The van der Waals surface area contributed by atoms with Crippen LogP contribution in [0.1, 0.15) is 93.6 Å². The van der Waals surface area contributed by atoms with Gasteiger partial charge < -0.3 is 15.4 Å². The van der Waals surface area contributed by atoms with Crippen molar-refractivity contribution in [3.63, 3.8) is 0 Å². The van der Waals surface area contributed by atoms with Crippen LogP contribution in [0, 0.1) is 11.8 Å². The van der Waals surface area contributed by atoms with Gasteiger partial charge >= 0.3 is 0 Å². The van der Waals surface area contributed by atoms with Crippen LogP contribution in [-0.2, 0) is 4.79 Å². The van der Waals surface area contributed by atoms with Crippen LogP contribution >= 0.6 is 0 Å². The van der Waals surface area contributed by atoms with E-state index in [-0.39, 0.29) is 24.9 Å². The highest BCUT2D eigenvalue weighted by molar-refractivity contribution is 5.74. The van der Waals surface area contributed by atoms with E-state index in [4.69, 9.17) is 10.3 Å². The van der Waals surface area contributed by atoms with Crippen LogP contribution < -0.4 is 5.73 Å². The number of hydrogen-bond donors (Lipinski definition) is 2. The van der Waals surface area contributed by atoms with Gasteiger partial charge in [0.15, 0.2) is 0 Å². The van der Waals surface area contributed by atoms with Crippen molar-refractivity contribution in [3.05, 3.63) is 17.0 Å². The summed E-state index contributed by atoms with van der Waals surface area (Å²) < 4.78 is 5.78.